The van der Waals surface area contributed by atoms with Crippen molar-refractivity contribution in [3.63, 3.8) is 0 Å². The van der Waals surface area contributed by atoms with Crippen LogP contribution in [0.25, 0.3) is 0 Å². The van der Waals surface area contributed by atoms with Crippen molar-refractivity contribution < 1.29 is 9.59 Å². The van der Waals surface area contributed by atoms with Gasteiger partial charge < -0.3 is 15.1 Å². The molecule has 0 unspecified atom stereocenters. The minimum absolute atomic E-state index is 0.315. The molecule has 0 radical (unpaired) electrons. The van der Waals surface area contributed by atoms with E-state index in [1.54, 1.807) is 26.5 Å². The van der Waals surface area contributed by atoms with Crippen LogP contribution in [0.3, 0.4) is 0 Å². The highest BCUT2D eigenvalue weighted by atomic mass is 16.2. The van der Waals surface area contributed by atoms with Crippen LogP contribution in [0.15, 0.2) is 12.4 Å². The van der Waals surface area contributed by atoms with E-state index in [1.807, 2.05) is 0 Å². The molecule has 0 aromatic carbocycles. The molecule has 1 aromatic rings. The van der Waals surface area contributed by atoms with Gasteiger partial charge >= 0.3 is 11.8 Å². The lowest BCUT2D eigenvalue weighted by atomic mass is 10.3. The molecule has 1 saturated heterocycles. The molecule has 0 aliphatic carbocycles. The van der Waals surface area contributed by atoms with Crippen LogP contribution in [0.4, 0.5) is 5.82 Å². The summed E-state index contributed by atoms with van der Waals surface area (Å²) in [5.41, 5.74) is 0.666. The third-order valence-electron chi connectivity index (χ3n) is 2.84. The Morgan fingerprint density at radius 2 is 2.00 bits per heavy atom. The molecule has 2 rings (SSSR count). The fraction of sp³-hybridized carbons (Fsp3) is 0.455. The molecule has 0 spiro atoms. The molecule has 1 aromatic heterocycles. The molecule has 0 bridgehead atoms. The van der Waals surface area contributed by atoms with Crippen molar-refractivity contribution in [2.24, 2.45) is 0 Å². The smallest absolute Gasteiger partial charge is 0.312 e. The lowest BCUT2D eigenvalue weighted by Gasteiger charge is -2.31. The summed E-state index contributed by atoms with van der Waals surface area (Å²) in [6.45, 7) is 1.39. The first-order valence-electron chi connectivity index (χ1n) is 5.65. The summed E-state index contributed by atoms with van der Waals surface area (Å²) in [5, 5.41) is 2.86. The Labute approximate surface area is 105 Å². The summed E-state index contributed by atoms with van der Waals surface area (Å²) in [4.78, 5) is 34.5. The van der Waals surface area contributed by atoms with Gasteiger partial charge in [-0.05, 0) is 0 Å². The highest BCUT2D eigenvalue weighted by molar-refractivity contribution is 6.35. The first-order chi connectivity index (χ1) is 8.61. The predicted octanol–water partition coefficient (Wildman–Crippen LogP) is -0.681. The monoisotopic (exact) mass is 249 g/mol. The van der Waals surface area contributed by atoms with Crippen molar-refractivity contribution in [1.29, 1.82) is 0 Å². The average molecular weight is 249 g/mol. The number of nitrogens with zero attached hydrogens (tertiary/aromatic N) is 4. The fourth-order valence-electron chi connectivity index (χ4n) is 1.68. The molecule has 0 saturated carbocycles. The Hall–Kier alpha value is -2.18. The summed E-state index contributed by atoms with van der Waals surface area (Å²) in [5.74, 6) is -0.288. The summed E-state index contributed by atoms with van der Waals surface area (Å²) < 4.78 is 0. The molecule has 1 N–H and O–H groups in total. The molecule has 1 fully saturated rings. The third-order valence-corrected chi connectivity index (χ3v) is 2.84. The standard InChI is InChI=1S/C11H15N5O2/c1-12-9-6-13-8(5-14-9)7-16-4-3-15(2)10(17)11(16)18/h5-6H,3-4,7H2,1-2H3,(H,12,14). The van der Waals surface area contributed by atoms with Gasteiger partial charge in [-0.2, -0.15) is 0 Å². The van der Waals surface area contributed by atoms with E-state index in [1.165, 1.54) is 9.80 Å². The number of anilines is 1. The second-order valence-corrected chi connectivity index (χ2v) is 4.10. The zero-order valence-electron chi connectivity index (χ0n) is 10.4. The highest BCUT2D eigenvalue weighted by Gasteiger charge is 2.30. The van der Waals surface area contributed by atoms with E-state index in [0.717, 1.165) is 0 Å². The predicted molar refractivity (Wildman–Crippen MR) is 64.6 cm³/mol. The maximum Gasteiger partial charge on any atom is 0.312 e. The van der Waals surface area contributed by atoms with Gasteiger partial charge in [-0.3, -0.25) is 14.6 Å². The SMILES string of the molecule is CNc1cnc(CN2CCN(C)C(=O)C2=O)cn1. The van der Waals surface area contributed by atoms with Crippen LogP contribution in [0, 0.1) is 0 Å². The van der Waals surface area contributed by atoms with Gasteiger partial charge in [-0.25, -0.2) is 4.98 Å². The van der Waals surface area contributed by atoms with E-state index in [2.05, 4.69) is 15.3 Å². The number of amides is 2. The van der Waals surface area contributed by atoms with Gasteiger partial charge in [0.25, 0.3) is 0 Å². The van der Waals surface area contributed by atoms with Crippen molar-refractivity contribution in [1.82, 2.24) is 19.8 Å². The minimum Gasteiger partial charge on any atom is -0.372 e. The van der Waals surface area contributed by atoms with Crippen LogP contribution in [0.5, 0.6) is 0 Å². The van der Waals surface area contributed by atoms with Crippen LogP contribution in [0.1, 0.15) is 5.69 Å². The van der Waals surface area contributed by atoms with Crippen LogP contribution >= 0.6 is 0 Å². The van der Waals surface area contributed by atoms with E-state index >= 15 is 0 Å². The van der Waals surface area contributed by atoms with E-state index in [-0.39, 0.29) is 0 Å². The van der Waals surface area contributed by atoms with Crippen molar-refractivity contribution in [3.8, 4) is 0 Å². The summed E-state index contributed by atoms with van der Waals surface area (Å²) >= 11 is 0. The molecule has 96 valence electrons. The number of carbonyl (C=O) groups excluding carboxylic acids is 2. The lowest BCUT2D eigenvalue weighted by molar-refractivity contribution is -0.155. The molecule has 0 atom stereocenters. The molecule has 7 nitrogen and oxygen atoms in total. The van der Waals surface area contributed by atoms with Gasteiger partial charge in [0.2, 0.25) is 0 Å². The van der Waals surface area contributed by atoms with Gasteiger partial charge in [0.15, 0.2) is 0 Å². The first-order valence-corrected chi connectivity index (χ1v) is 5.65. The van der Waals surface area contributed by atoms with E-state index in [0.29, 0.717) is 31.1 Å². The number of carbonyl (C=O) groups is 2. The normalized spacial score (nSPS) is 16.1. The molecular weight excluding hydrogens is 234 g/mol. The second-order valence-electron chi connectivity index (χ2n) is 4.10. The molecule has 2 amide bonds. The summed E-state index contributed by atoms with van der Waals surface area (Å²) in [7, 11) is 3.38. The van der Waals surface area contributed by atoms with Gasteiger partial charge in [0, 0.05) is 27.2 Å². The third kappa shape index (κ3) is 2.39. The lowest BCUT2D eigenvalue weighted by Crippen LogP contribution is -2.52. The Kier molecular flexibility index (Phi) is 3.40. The molecule has 1 aliphatic rings. The maximum atomic E-state index is 11.7. The zero-order valence-corrected chi connectivity index (χ0v) is 10.4. The molecule has 7 heteroatoms. The topological polar surface area (TPSA) is 78.4 Å². The summed E-state index contributed by atoms with van der Waals surface area (Å²) in [6, 6.07) is 0. The number of nitrogens with one attached hydrogen (secondary N) is 1. The van der Waals surface area contributed by atoms with Crippen molar-refractivity contribution in [2.45, 2.75) is 6.54 Å². The zero-order chi connectivity index (χ0) is 13.1. The van der Waals surface area contributed by atoms with E-state index < -0.39 is 11.8 Å². The fourth-order valence-corrected chi connectivity index (χ4v) is 1.68. The average Bonchev–Trinajstić information content (AvgIpc) is 2.40. The van der Waals surface area contributed by atoms with Crippen LogP contribution in [0.2, 0.25) is 0 Å². The quantitative estimate of drug-likeness (QED) is 0.718. The van der Waals surface area contributed by atoms with Crippen LogP contribution in [-0.2, 0) is 16.1 Å². The van der Waals surface area contributed by atoms with Crippen molar-refractivity contribution in [2.75, 3.05) is 32.5 Å². The van der Waals surface area contributed by atoms with E-state index in [4.69, 9.17) is 0 Å². The second kappa shape index (κ2) is 4.99. The highest BCUT2D eigenvalue weighted by Crippen LogP contribution is 2.08. The Morgan fingerprint density at radius 1 is 1.22 bits per heavy atom. The number of rotatable bonds is 3. The van der Waals surface area contributed by atoms with Gasteiger partial charge in [0.05, 0.1) is 24.6 Å². The first kappa shape index (κ1) is 12.3. The number of hydrogen-bond acceptors (Lipinski definition) is 5. The Morgan fingerprint density at radius 3 is 2.61 bits per heavy atom. The van der Waals surface area contributed by atoms with E-state index in [9.17, 15) is 9.59 Å². The van der Waals surface area contributed by atoms with Gasteiger partial charge in [-0.1, -0.05) is 0 Å². The van der Waals surface area contributed by atoms with Gasteiger partial charge in [0.1, 0.15) is 5.82 Å². The number of piperazine rings is 1. The Bertz CT molecular complexity index is 459. The number of hydrogen-bond donors (Lipinski definition) is 1. The Balaban J connectivity index is 2.04. The number of aromatic nitrogens is 2. The minimum atomic E-state index is -0.483. The molecule has 18 heavy (non-hydrogen) atoms. The molecule has 2 heterocycles. The summed E-state index contributed by atoms with van der Waals surface area (Å²) in [6.07, 6.45) is 3.19. The maximum absolute atomic E-state index is 11.7. The van der Waals surface area contributed by atoms with Crippen LogP contribution < -0.4 is 5.32 Å². The molecule has 1 aliphatic heterocycles. The number of likely N-dealkylation sites (N-methyl/N-ethyl adjacent to an activating group) is 1. The van der Waals surface area contributed by atoms with Crippen molar-refractivity contribution >= 4 is 17.6 Å². The van der Waals surface area contributed by atoms with Crippen LogP contribution in [-0.4, -0.2) is 58.8 Å². The molecular formula is C11H15N5O2. The van der Waals surface area contributed by atoms with Crippen molar-refractivity contribution in [3.05, 3.63) is 18.1 Å². The largest absolute Gasteiger partial charge is 0.372 e. The van der Waals surface area contributed by atoms with Gasteiger partial charge in [-0.15, -0.1) is 0 Å².